The number of rotatable bonds is 4. The molecule has 0 saturated carbocycles. The summed E-state index contributed by atoms with van der Waals surface area (Å²) in [7, 11) is 0. The second-order valence-electron chi connectivity index (χ2n) is 4.17. The third kappa shape index (κ3) is 4.10. The van der Waals surface area contributed by atoms with E-state index in [0.29, 0.717) is 11.5 Å². The smallest absolute Gasteiger partial charge is 0.328 e. The molecular weight excluding hydrogens is 264 g/mol. The number of carboxylic acid groups (broad SMARTS) is 1. The maximum absolute atomic E-state index is 11.9. The van der Waals surface area contributed by atoms with Gasteiger partial charge in [0.25, 0.3) is 0 Å². The molecule has 19 heavy (non-hydrogen) atoms. The molecule has 1 aliphatic rings. The number of aromatic nitrogens is 1. The summed E-state index contributed by atoms with van der Waals surface area (Å²) in [4.78, 5) is 26.5. The quantitative estimate of drug-likeness (QED) is 0.822. The van der Waals surface area contributed by atoms with Crippen LogP contribution < -0.4 is 5.32 Å². The zero-order chi connectivity index (χ0) is 13.7. The lowest BCUT2D eigenvalue weighted by molar-refractivity contribution is -0.131. The fourth-order valence-electron chi connectivity index (χ4n) is 1.74. The zero-order valence-electron chi connectivity index (χ0n) is 10.2. The Morgan fingerprint density at radius 3 is 3.00 bits per heavy atom. The molecule has 1 aromatic heterocycles. The van der Waals surface area contributed by atoms with Crippen LogP contribution in [-0.4, -0.2) is 33.5 Å². The van der Waals surface area contributed by atoms with Gasteiger partial charge in [-0.2, -0.15) is 11.8 Å². The molecule has 100 valence electrons. The van der Waals surface area contributed by atoms with Crippen molar-refractivity contribution < 1.29 is 14.7 Å². The van der Waals surface area contributed by atoms with E-state index < -0.39 is 5.97 Å². The van der Waals surface area contributed by atoms with Gasteiger partial charge in [-0.05, 0) is 30.4 Å². The first kappa shape index (κ1) is 13.6. The van der Waals surface area contributed by atoms with E-state index in [1.165, 1.54) is 6.08 Å². The number of aliphatic carboxylic acids is 1. The van der Waals surface area contributed by atoms with Crippen molar-refractivity contribution in [3.05, 3.63) is 30.0 Å². The molecule has 6 heteroatoms. The molecule has 1 saturated heterocycles. The van der Waals surface area contributed by atoms with Crippen LogP contribution in [0.5, 0.6) is 0 Å². The Bertz CT molecular complexity index is 510. The summed E-state index contributed by atoms with van der Waals surface area (Å²) in [6, 6.07) is 5.10. The van der Waals surface area contributed by atoms with Crippen LogP contribution >= 0.6 is 11.8 Å². The number of pyridine rings is 1. The molecule has 2 heterocycles. The van der Waals surface area contributed by atoms with Crippen LogP contribution in [0.3, 0.4) is 0 Å². The lowest BCUT2D eigenvalue weighted by atomic mass is 10.1. The van der Waals surface area contributed by atoms with Crippen molar-refractivity contribution in [2.24, 2.45) is 5.92 Å². The molecule has 2 rings (SSSR count). The molecule has 1 fully saturated rings. The first-order valence-corrected chi connectivity index (χ1v) is 7.07. The number of carbonyl (C=O) groups excluding carboxylic acids is 1. The monoisotopic (exact) mass is 278 g/mol. The second kappa shape index (κ2) is 6.38. The summed E-state index contributed by atoms with van der Waals surface area (Å²) < 4.78 is 0. The van der Waals surface area contributed by atoms with Crippen molar-refractivity contribution in [2.75, 3.05) is 16.8 Å². The van der Waals surface area contributed by atoms with Gasteiger partial charge < -0.3 is 10.4 Å². The van der Waals surface area contributed by atoms with Gasteiger partial charge in [0.1, 0.15) is 5.82 Å². The fourth-order valence-corrected chi connectivity index (χ4v) is 2.96. The van der Waals surface area contributed by atoms with E-state index in [0.717, 1.165) is 24.0 Å². The molecule has 0 spiro atoms. The Morgan fingerprint density at radius 2 is 2.32 bits per heavy atom. The van der Waals surface area contributed by atoms with Crippen LogP contribution in [0, 0.1) is 5.92 Å². The van der Waals surface area contributed by atoms with Gasteiger partial charge in [0, 0.05) is 17.7 Å². The first-order valence-electron chi connectivity index (χ1n) is 5.92. The summed E-state index contributed by atoms with van der Waals surface area (Å²) >= 11 is 1.78. The van der Waals surface area contributed by atoms with Crippen molar-refractivity contribution in [2.45, 2.75) is 6.42 Å². The molecule has 0 bridgehead atoms. The number of nitrogens with zero attached hydrogens (tertiary/aromatic N) is 1. The second-order valence-corrected chi connectivity index (χ2v) is 5.32. The van der Waals surface area contributed by atoms with Gasteiger partial charge in [-0.1, -0.05) is 6.07 Å². The van der Waals surface area contributed by atoms with Gasteiger partial charge in [0.05, 0.1) is 5.69 Å². The predicted octanol–water partition coefficient (Wildman–Crippen LogP) is 1.87. The highest BCUT2D eigenvalue weighted by molar-refractivity contribution is 7.99. The molecule has 1 aliphatic heterocycles. The summed E-state index contributed by atoms with van der Waals surface area (Å²) in [5, 5.41) is 11.3. The van der Waals surface area contributed by atoms with Crippen LogP contribution in [-0.2, 0) is 9.59 Å². The SMILES string of the molecule is O=C(O)/C=C/c1cccc(NC(=O)C2CCSC2)n1. The van der Waals surface area contributed by atoms with Crippen LogP contribution in [0.2, 0.25) is 0 Å². The summed E-state index contributed by atoms with van der Waals surface area (Å²) in [5.41, 5.74) is 0.501. The molecule has 1 amide bonds. The standard InChI is InChI=1S/C13H14N2O3S/c16-12(17)5-4-10-2-1-3-11(14-10)15-13(18)9-6-7-19-8-9/h1-5,9H,6-8H2,(H,16,17)(H,14,15,18)/b5-4+. The van der Waals surface area contributed by atoms with E-state index in [-0.39, 0.29) is 11.8 Å². The third-order valence-corrected chi connectivity index (χ3v) is 3.88. The maximum atomic E-state index is 11.9. The maximum Gasteiger partial charge on any atom is 0.328 e. The minimum Gasteiger partial charge on any atom is -0.478 e. The molecule has 0 aromatic carbocycles. The Kier molecular flexibility index (Phi) is 4.57. The van der Waals surface area contributed by atoms with E-state index >= 15 is 0 Å². The van der Waals surface area contributed by atoms with Gasteiger partial charge in [0.15, 0.2) is 0 Å². The Hall–Kier alpha value is -1.82. The van der Waals surface area contributed by atoms with Crippen LogP contribution in [0.15, 0.2) is 24.3 Å². The molecule has 5 nitrogen and oxygen atoms in total. The Labute approximate surface area is 115 Å². The van der Waals surface area contributed by atoms with Gasteiger partial charge in [0.2, 0.25) is 5.91 Å². The summed E-state index contributed by atoms with van der Waals surface area (Å²) in [6.07, 6.45) is 3.31. The lowest BCUT2D eigenvalue weighted by Crippen LogP contribution is -2.22. The summed E-state index contributed by atoms with van der Waals surface area (Å²) in [5.74, 6) is 1.33. The van der Waals surface area contributed by atoms with Crippen molar-refractivity contribution >= 4 is 35.5 Å². The van der Waals surface area contributed by atoms with Crippen LogP contribution in [0.4, 0.5) is 5.82 Å². The minimum absolute atomic E-state index is 0.0168. The van der Waals surface area contributed by atoms with E-state index in [4.69, 9.17) is 5.11 Å². The van der Waals surface area contributed by atoms with E-state index in [2.05, 4.69) is 10.3 Å². The highest BCUT2D eigenvalue weighted by Crippen LogP contribution is 2.24. The van der Waals surface area contributed by atoms with Gasteiger partial charge >= 0.3 is 5.97 Å². The average molecular weight is 278 g/mol. The third-order valence-electron chi connectivity index (χ3n) is 2.72. The fraction of sp³-hybridized carbons (Fsp3) is 0.308. The van der Waals surface area contributed by atoms with Crippen molar-refractivity contribution in [1.29, 1.82) is 0 Å². The number of nitrogens with one attached hydrogen (secondary N) is 1. The first-order chi connectivity index (χ1) is 9.15. The Balaban J connectivity index is 2.02. The number of hydrogen-bond donors (Lipinski definition) is 2. The predicted molar refractivity (Wildman–Crippen MR) is 75.0 cm³/mol. The van der Waals surface area contributed by atoms with Crippen molar-refractivity contribution in [3.8, 4) is 0 Å². The number of thioether (sulfide) groups is 1. The molecule has 0 aliphatic carbocycles. The average Bonchev–Trinajstić information content (AvgIpc) is 2.91. The zero-order valence-corrected chi connectivity index (χ0v) is 11.0. The highest BCUT2D eigenvalue weighted by atomic mass is 32.2. The number of carbonyl (C=O) groups is 2. The number of hydrogen-bond acceptors (Lipinski definition) is 4. The van der Waals surface area contributed by atoms with Gasteiger partial charge in [-0.3, -0.25) is 4.79 Å². The van der Waals surface area contributed by atoms with Gasteiger partial charge in [-0.25, -0.2) is 9.78 Å². The van der Waals surface area contributed by atoms with Crippen LogP contribution in [0.1, 0.15) is 12.1 Å². The minimum atomic E-state index is -1.03. The molecular formula is C13H14N2O3S. The lowest BCUT2D eigenvalue weighted by Gasteiger charge is -2.09. The van der Waals surface area contributed by atoms with Crippen molar-refractivity contribution in [1.82, 2.24) is 4.98 Å². The molecule has 1 atom stereocenters. The highest BCUT2D eigenvalue weighted by Gasteiger charge is 2.23. The number of anilines is 1. The van der Waals surface area contributed by atoms with E-state index in [1.54, 1.807) is 30.0 Å². The van der Waals surface area contributed by atoms with E-state index in [1.807, 2.05) is 0 Å². The Morgan fingerprint density at radius 1 is 1.47 bits per heavy atom. The molecule has 1 unspecified atom stereocenters. The molecule has 1 aromatic rings. The summed E-state index contributed by atoms with van der Waals surface area (Å²) in [6.45, 7) is 0. The van der Waals surface area contributed by atoms with Crippen molar-refractivity contribution in [3.63, 3.8) is 0 Å². The number of amides is 1. The topological polar surface area (TPSA) is 79.3 Å². The number of carboxylic acids is 1. The van der Waals surface area contributed by atoms with Crippen LogP contribution in [0.25, 0.3) is 6.08 Å². The molecule has 2 N–H and O–H groups in total. The largest absolute Gasteiger partial charge is 0.478 e. The van der Waals surface area contributed by atoms with Gasteiger partial charge in [-0.15, -0.1) is 0 Å². The van der Waals surface area contributed by atoms with E-state index in [9.17, 15) is 9.59 Å². The normalized spacial score (nSPS) is 18.6. The molecule has 0 radical (unpaired) electrons.